The summed E-state index contributed by atoms with van der Waals surface area (Å²) in [5, 5.41) is 15.6. The molecule has 1 aliphatic heterocycles. The summed E-state index contributed by atoms with van der Waals surface area (Å²) >= 11 is 0. The number of rotatable bonds is 5. The van der Waals surface area contributed by atoms with Gasteiger partial charge in [-0.15, -0.1) is 0 Å². The van der Waals surface area contributed by atoms with E-state index in [-0.39, 0.29) is 47.9 Å². The number of carbonyl (C=O) groups is 2. The van der Waals surface area contributed by atoms with Gasteiger partial charge in [-0.05, 0) is 30.9 Å². The number of carboxylic acid groups (broad SMARTS) is 1. The maximum Gasteiger partial charge on any atom is 0.412 e. The van der Waals surface area contributed by atoms with Crippen molar-refractivity contribution in [1.82, 2.24) is 15.1 Å². The summed E-state index contributed by atoms with van der Waals surface area (Å²) in [7, 11) is 0. The fourth-order valence-electron chi connectivity index (χ4n) is 3.48. The average Bonchev–Trinajstić information content (AvgIpc) is 3.46. The lowest BCUT2D eigenvalue weighted by molar-refractivity contribution is -0.165. The number of nitrogens with zero attached hydrogens (tertiary/aromatic N) is 3. The molecule has 3 aromatic heterocycles. The molecular formula is C23H18N4O8. The molecule has 0 saturated carbocycles. The van der Waals surface area contributed by atoms with Crippen molar-refractivity contribution in [3.05, 3.63) is 59.1 Å². The highest BCUT2D eigenvalue weighted by Gasteiger charge is 2.52. The molecule has 12 heteroatoms. The molecule has 0 radical (unpaired) electrons. The number of nitrogens with one attached hydrogen (secondary N) is 1. The first-order valence-corrected chi connectivity index (χ1v) is 10.4. The second kappa shape index (κ2) is 8.62. The SMILES string of the molecule is Cc1ccccc1C(C)OC(=O)Nc1cnoc1C#Cc1nc2oc(C3(C(=O)O)COC3)nc2o1. The van der Waals surface area contributed by atoms with E-state index < -0.39 is 23.6 Å². The highest BCUT2D eigenvalue weighted by Crippen LogP contribution is 2.34. The van der Waals surface area contributed by atoms with Gasteiger partial charge in [0.15, 0.2) is 5.41 Å². The van der Waals surface area contributed by atoms with Gasteiger partial charge in [0.1, 0.15) is 11.8 Å². The number of aromatic nitrogens is 3. The molecule has 178 valence electrons. The molecule has 0 spiro atoms. The zero-order valence-corrected chi connectivity index (χ0v) is 18.5. The monoisotopic (exact) mass is 478 g/mol. The number of fused-ring (bicyclic) bond motifs is 1. The maximum atomic E-state index is 12.4. The van der Waals surface area contributed by atoms with Crippen LogP contribution < -0.4 is 5.32 Å². The molecule has 4 aromatic rings. The van der Waals surface area contributed by atoms with Crippen molar-refractivity contribution in [3.63, 3.8) is 0 Å². The summed E-state index contributed by atoms with van der Waals surface area (Å²) in [4.78, 5) is 32.0. The summed E-state index contributed by atoms with van der Waals surface area (Å²) in [6, 6.07) is 7.59. The lowest BCUT2D eigenvalue weighted by atomic mass is 9.86. The Morgan fingerprint density at radius 2 is 1.94 bits per heavy atom. The second-order valence-corrected chi connectivity index (χ2v) is 7.88. The minimum absolute atomic E-state index is 0.00140. The molecule has 1 aliphatic rings. The van der Waals surface area contributed by atoms with Gasteiger partial charge in [0, 0.05) is 5.92 Å². The molecule has 35 heavy (non-hydrogen) atoms. The van der Waals surface area contributed by atoms with Crippen LogP contribution >= 0.6 is 0 Å². The lowest BCUT2D eigenvalue weighted by Gasteiger charge is -2.33. The van der Waals surface area contributed by atoms with Crippen LogP contribution in [-0.4, -0.2) is 45.5 Å². The van der Waals surface area contributed by atoms with Crippen LogP contribution in [0.3, 0.4) is 0 Å². The number of carboxylic acids is 1. The number of aliphatic carboxylic acids is 1. The number of hydrogen-bond acceptors (Lipinski definition) is 10. The van der Waals surface area contributed by atoms with Gasteiger partial charge in [-0.2, -0.15) is 9.97 Å². The molecule has 1 aromatic carbocycles. The highest BCUT2D eigenvalue weighted by molar-refractivity contribution is 5.86. The molecule has 4 heterocycles. The molecule has 5 rings (SSSR count). The second-order valence-electron chi connectivity index (χ2n) is 7.88. The third-order valence-corrected chi connectivity index (χ3v) is 5.49. The summed E-state index contributed by atoms with van der Waals surface area (Å²) in [5.41, 5.74) is 0.742. The van der Waals surface area contributed by atoms with E-state index in [0.717, 1.165) is 11.1 Å². The van der Waals surface area contributed by atoms with Gasteiger partial charge in [-0.1, -0.05) is 29.4 Å². The Kier molecular flexibility index (Phi) is 5.46. The molecule has 0 aliphatic carbocycles. The largest absolute Gasteiger partial charge is 0.480 e. The lowest BCUT2D eigenvalue weighted by Crippen LogP contribution is -2.53. The third-order valence-electron chi connectivity index (χ3n) is 5.49. The Morgan fingerprint density at radius 3 is 2.63 bits per heavy atom. The van der Waals surface area contributed by atoms with Crippen LogP contribution in [0.4, 0.5) is 10.5 Å². The summed E-state index contributed by atoms with van der Waals surface area (Å²) in [6.45, 7) is 3.60. The Balaban J connectivity index is 1.28. The van der Waals surface area contributed by atoms with Gasteiger partial charge in [-0.25, -0.2) is 4.79 Å². The molecule has 0 bridgehead atoms. The van der Waals surface area contributed by atoms with Gasteiger partial charge in [-0.3, -0.25) is 10.1 Å². The molecule has 1 unspecified atom stereocenters. The molecule has 2 N–H and O–H groups in total. The predicted molar refractivity (Wildman–Crippen MR) is 116 cm³/mol. The Bertz CT molecular complexity index is 1450. The minimum atomic E-state index is -1.35. The Morgan fingerprint density at radius 1 is 1.17 bits per heavy atom. The number of ether oxygens (including phenoxy) is 2. The molecule has 12 nitrogen and oxygen atoms in total. The van der Waals surface area contributed by atoms with Crippen molar-refractivity contribution < 1.29 is 37.5 Å². The van der Waals surface area contributed by atoms with Gasteiger partial charge in [0.05, 0.1) is 19.4 Å². The van der Waals surface area contributed by atoms with E-state index in [0.29, 0.717) is 0 Å². The fraction of sp³-hybridized carbons (Fsp3) is 0.261. The smallest absolute Gasteiger partial charge is 0.412 e. The minimum Gasteiger partial charge on any atom is -0.480 e. The number of carbonyl (C=O) groups excluding carboxylic acids is 1. The molecule has 1 saturated heterocycles. The third kappa shape index (κ3) is 4.09. The van der Waals surface area contributed by atoms with Crippen molar-refractivity contribution >= 4 is 29.2 Å². The van der Waals surface area contributed by atoms with Gasteiger partial charge in [0.2, 0.25) is 11.7 Å². The molecule has 1 atom stereocenters. The van der Waals surface area contributed by atoms with Gasteiger partial charge >= 0.3 is 12.1 Å². The first kappa shape index (κ1) is 22.2. The number of amides is 1. The van der Waals surface area contributed by atoms with Crippen LogP contribution in [0, 0.1) is 18.8 Å². The molecule has 1 amide bonds. The van der Waals surface area contributed by atoms with Gasteiger partial charge < -0.3 is 27.9 Å². The average molecular weight is 478 g/mol. The van der Waals surface area contributed by atoms with E-state index in [9.17, 15) is 14.7 Å². The normalized spacial score (nSPS) is 15.0. The number of hydrogen-bond donors (Lipinski definition) is 2. The topological polar surface area (TPSA) is 163 Å². The summed E-state index contributed by atoms with van der Waals surface area (Å²) in [6.07, 6.45) is 0.104. The van der Waals surface area contributed by atoms with Crippen molar-refractivity contribution in [2.75, 3.05) is 18.5 Å². The molecule has 1 fully saturated rings. The number of oxazole rings is 2. The van der Waals surface area contributed by atoms with Crippen LogP contribution in [0.1, 0.15) is 41.7 Å². The van der Waals surface area contributed by atoms with E-state index in [1.165, 1.54) is 6.20 Å². The van der Waals surface area contributed by atoms with E-state index in [1.54, 1.807) is 6.92 Å². The van der Waals surface area contributed by atoms with E-state index in [4.69, 9.17) is 22.8 Å². The van der Waals surface area contributed by atoms with Crippen LogP contribution in [0.25, 0.3) is 11.4 Å². The predicted octanol–water partition coefficient (Wildman–Crippen LogP) is 3.17. The van der Waals surface area contributed by atoms with Crippen LogP contribution in [-0.2, 0) is 19.7 Å². The van der Waals surface area contributed by atoms with Crippen LogP contribution in [0.15, 0.2) is 43.8 Å². The first-order chi connectivity index (χ1) is 16.9. The quantitative estimate of drug-likeness (QED) is 0.405. The van der Waals surface area contributed by atoms with Crippen LogP contribution in [0.2, 0.25) is 0 Å². The first-order valence-electron chi connectivity index (χ1n) is 10.4. The Labute approximate surface area is 197 Å². The van der Waals surface area contributed by atoms with Crippen molar-refractivity contribution in [3.8, 4) is 11.8 Å². The van der Waals surface area contributed by atoms with Crippen molar-refractivity contribution in [2.24, 2.45) is 0 Å². The molecular weight excluding hydrogens is 460 g/mol. The number of anilines is 1. The number of aryl methyl sites for hydroxylation is 1. The number of benzene rings is 1. The standard InChI is InChI=1S/C23H18N4O8/c1-12-5-3-4-6-14(12)13(2)32-22(30)25-15-9-24-35-16(15)7-8-17-26-18-19(33-17)27-20(34-18)23(21(28)29)10-31-11-23/h3-6,9,13H,10-11H2,1-2H3,(H,25,30)(H,28,29). The Hall–Kier alpha value is -4.63. The van der Waals surface area contributed by atoms with Crippen LogP contribution in [0.5, 0.6) is 0 Å². The maximum absolute atomic E-state index is 12.4. The van der Waals surface area contributed by atoms with E-state index >= 15 is 0 Å². The van der Waals surface area contributed by atoms with Gasteiger partial charge in [0.25, 0.3) is 17.3 Å². The fourth-order valence-corrected chi connectivity index (χ4v) is 3.48. The zero-order valence-electron chi connectivity index (χ0n) is 18.5. The van der Waals surface area contributed by atoms with Crippen molar-refractivity contribution in [2.45, 2.75) is 25.4 Å². The van der Waals surface area contributed by atoms with E-state index in [1.807, 2.05) is 31.2 Å². The summed E-state index contributed by atoms with van der Waals surface area (Å²) < 4.78 is 26.4. The van der Waals surface area contributed by atoms with E-state index in [2.05, 4.69) is 32.3 Å². The zero-order chi connectivity index (χ0) is 24.6. The van der Waals surface area contributed by atoms with Crippen molar-refractivity contribution in [1.29, 1.82) is 0 Å². The highest BCUT2D eigenvalue weighted by atomic mass is 16.6. The summed E-state index contributed by atoms with van der Waals surface area (Å²) in [5.74, 6) is 4.13.